The summed E-state index contributed by atoms with van der Waals surface area (Å²) in [6.45, 7) is 7.37. The largest absolute Gasteiger partial charge is 0.463 e. The van der Waals surface area contributed by atoms with Crippen LogP contribution in [0.15, 0.2) is 0 Å². The molecule has 0 aliphatic heterocycles. The Hall–Kier alpha value is -0.260. The molecule has 96 valence electrons. The zero-order chi connectivity index (χ0) is 12.4. The maximum Gasteiger partial charge on any atom is 0.322 e. The zero-order valence-electron chi connectivity index (χ0n) is 10.6. The first-order valence-electron chi connectivity index (χ1n) is 5.79. The summed E-state index contributed by atoms with van der Waals surface area (Å²) < 4.78 is 5.12. The molecule has 0 saturated carbocycles. The van der Waals surface area contributed by atoms with Crippen LogP contribution in [0.4, 0.5) is 0 Å². The lowest BCUT2D eigenvalue weighted by molar-refractivity contribution is -0.145. The first kappa shape index (κ1) is 15.7. The molecule has 0 aromatic carbocycles. The van der Waals surface area contributed by atoms with Gasteiger partial charge in [0, 0.05) is 6.54 Å². The molecule has 0 aliphatic rings. The molecule has 16 heavy (non-hydrogen) atoms. The Morgan fingerprint density at radius 2 is 2.06 bits per heavy atom. The number of likely N-dealkylation sites (N-methyl/N-ethyl adjacent to an activating group) is 1. The molecule has 0 heterocycles. The maximum atomic E-state index is 11.4. The number of hydrogen-bond donors (Lipinski definition) is 1. The second-order valence-corrected chi connectivity index (χ2v) is 4.57. The van der Waals surface area contributed by atoms with Crippen LogP contribution in [0.5, 0.6) is 0 Å². The monoisotopic (exact) mass is 248 g/mol. The quantitative estimate of drug-likeness (QED) is 0.616. The third kappa shape index (κ3) is 7.09. The second kappa shape index (κ2) is 9.93. The molecule has 0 saturated heterocycles. The van der Waals surface area contributed by atoms with Crippen LogP contribution in [0.3, 0.4) is 0 Å². The highest BCUT2D eigenvalue weighted by Crippen LogP contribution is 2.00. The molecule has 2 N–H and O–H groups in total. The van der Waals surface area contributed by atoms with E-state index in [-0.39, 0.29) is 5.97 Å². The number of nitrogens with two attached hydrogens (primary N) is 1. The molecule has 1 unspecified atom stereocenters. The van der Waals surface area contributed by atoms with Gasteiger partial charge in [-0.3, -0.25) is 4.79 Å². The van der Waals surface area contributed by atoms with Gasteiger partial charge < -0.3 is 15.4 Å². The third-order valence-corrected chi connectivity index (χ3v) is 3.13. The SMILES string of the molecule is CCN(CC)CCOC(=O)C(N)CCSC. The van der Waals surface area contributed by atoms with Gasteiger partial charge in [-0.05, 0) is 31.5 Å². The van der Waals surface area contributed by atoms with Gasteiger partial charge in [-0.1, -0.05) is 13.8 Å². The summed E-state index contributed by atoms with van der Waals surface area (Å²) in [4.78, 5) is 13.6. The normalized spacial score (nSPS) is 12.8. The van der Waals surface area contributed by atoms with Crippen LogP contribution in [0.1, 0.15) is 20.3 Å². The van der Waals surface area contributed by atoms with Crippen molar-refractivity contribution in [3.05, 3.63) is 0 Å². The predicted molar refractivity (Wildman–Crippen MR) is 69.7 cm³/mol. The number of nitrogens with zero attached hydrogens (tertiary/aromatic N) is 1. The molecule has 0 aromatic heterocycles. The van der Waals surface area contributed by atoms with E-state index in [1.165, 1.54) is 0 Å². The number of hydrogen-bond acceptors (Lipinski definition) is 5. The molecular formula is C11H24N2O2S. The van der Waals surface area contributed by atoms with Crippen LogP contribution < -0.4 is 5.73 Å². The predicted octanol–water partition coefficient (Wildman–Crippen LogP) is 0.952. The summed E-state index contributed by atoms with van der Waals surface area (Å²) in [5.74, 6) is 0.618. The summed E-state index contributed by atoms with van der Waals surface area (Å²) >= 11 is 1.69. The molecule has 0 spiro atoms. The van der Waals surface area contributed by atoms with E-state index in [9.17, 15) is 4.79 Å². The van der Waals surface area contributed by atoms with Gasteiger partial charge in [-0.2, -0.15) is 11.8 Å². The first-order valence-corrected chi connectivity index (χ1v) is 7.18. The number of ether oxygens (including phenoxy) is 1. The van der Waals surface area contributed by atoms with Crippen molar-refractivity contribution in [3.8, 4) is 0 Å². The van der Waals surface area contributed by atoms with Crippen LogP contribution in [-0.4, -0.2) is 55.2 Å². The van der Waals surface area contributed by atoms with Crippen molar-refractivity contribution in [2.24, 2.45) is 5.73 Å². The van der Waals surface area contributed by atoms with Crippen molar-refractivity contribution in [3.63, 3.8) is 0 Å². The Labute approximate surface area is 103 Å². The minimum atomic E-state index is -0.468. The average molecular weight is 248 g/mol. The van der Waals surface area contributed by atoms with E-state index < -0.39 is 6.04 Å². The Kier molecular flexibility index (Phi) is 9.77. The first-order chi connectivity index (χ1) is 7.65. The Morgan fingerprint density at radius 3 is 2.56 bits per heavy atom. The van der Waals surface area contributed by atoms with Crippen LogP contribution >= 0.6 is 11.8 Å². The van der Waals surface area contributed by atoms with Crippen molar-refractivity contribution in [1.82, 2.24) is 4.90 Å². The molecule has 0 fully saturated rings. The van der Waals surface area contributed by atoms with Gasteiger partial charge in [-0.15, -0.1) is 0 Å². The zero-order valence-corrected chi connectivity index (χ0v) is 11.4. The van der Waals surface area contributed by atoms with E-state index in [1.807, 2.05) is 6.26 Å². The maximum absolute atomic E-state index is 11.4. The van der Waals surface area contributed by atoms with E-state index in [0.717, 1.165) is 25.4 Å². The van der Waals surface area contributed by atoms with E-state index in [2.05, 4.69) is 18.7 Å². The van der Waals surface area contributed by atoms with Crippen molar-refractivity contribution >= 4 is 17.7 Å². The van der Waals surface area contributed by atoms with Crippen molar-refractivity contribution in [2.75, 3.05) is 38.2 Å². The van der Waals surface area contributed by atoms with Crippen LogP contribution in [-0.2, 0) is 9.53 Å². The van der Waals surface area contributed by atoms with E-state index >= 15 is 0 Å². The van der Waals surface area contributed by atoms with E-state index in [0.29, 0.717) is 13.0 Å². The summed E-state index contributed by atoms with van der Waals surface area (Å²) in [6.07, 6.45) is 2.68. The highest BCUT2D eigenvalue weighted by atomic mass is 32.2. The highest BCUT2D eigenvalue weighted by molar-refractivity contribution is 7.98. The number of rotatable bonds is 9. The fourth-order valence-corrected chi connectivity index (χ4v) is 1.77. The van der Waals surface area contributed by atoms with Gasteiger partial charge >= 0.3 is 5.97 Å². The number of carbonyl (C=O) groups is 1. The lowest BCUT2D eigenvalue weighted by atomic mass is 10.2. The fourth-order valence-electron chi connectivity index (χ4n) is 1.28. The number of carbonyl (C=O) groups excluding carboxylic acids is 1. The minimum absolute atomic E-state index is 0.277. The Bertz CT molecular complexity index is 187. The standard InChI is InChI=1S/C11H24N2O2S/c1-4-13(5-2)7-8-15-11(14)10(12)6-9-16-3/h10H,4-9,12H2,1-3H3. The number of thioether (sulfide) groups is 1. The van der Waals surface area contributed by atoms with Gasteiger partial charge in [0.25, 0.3) is 0 Å². The van der Waals surface area contributed by atoms with Gasteiger partial charge in [-0.25, -0.2) is 0 Å². The Balaban J connectivity index is 3.63. The van der Waals surface area contributed by atoms with Crippen LogP contribution in [0.2, 0.25) is 0 Å². The van der Waals surface area contributed by atoms with E-state index in [4.69, 9.17) is 10.5 Å². The Morgan fingerprint density at radius 1 is 1.44 bits per heavy atom. The van der Waals surface area contributed by atoms with Crippen molar-refractivity contribution in [2.45, 2.75) is 26.3 Å². The molecular weight excluding hydrogens is 224 g/mol. The van der Waals surface area contributed by atoms with Crippen LogP contribution in [0, 0.1) is 0 Å². The van der Waals surface area contributed by atoms with Gasteiger partial charge in [0.15, 0.2) is 0 Å². The van der Waals surface area contributed by atoms with Crippen LogP contribution in [0.25, 0.3) is 0 Å². The highest BCUT2D eigenvalue weighted by Gasteiger charge is 2.14. The molecule has 5 heteroatoms. The number of esters is 1. The summed E-state index contributed by atoms with van der Waals surface area (Å²) in [7, 11) is 0. The summed E-state index contributed by atoms with van der Waals surface area (Å²) in [5.41, 5.74) is 5.68. The smallest absolute Gasteiger partial charge is 0.322 e. The molecule has 0 radical (unpaired) electrons. The van der Waals surface area contributed by atoms with Gasteiger partial charge in [0.05, 0.1) is 0 Å². The minimum Gasteiger partial charge on any atom is -0.463 e. The molecule has 0 rings (SSSR count). The molecule has 1 atom stereocenters. The van der Waals surface area contributed by atoms with Gasteiger partial charge in [0.1, 0.15) is 12.6 Å². The molecule has 4 nitrogen and oxygen atoms in total. The molecule has 0 aliphatic carbocycles. The molecule has 0 bridgehead atoms. The second-order valence-electron chi connectivity index (χ2n) is 3.58. The van der Waals surface area contributed by atoms with Crippen molar-refractivity contribution < 1.29 is 9.53 Å². The average Bonchev–Trinajstić information content (AvgIpc) is 2.31. The lowest BCUT2D eigenvalue weighted by Crippen LogP contribution is -2.35. The van der Waals surface area contributed by atoms with E-state index in [1.54, 1.807) is 11.8 Å². The molecule has 0 aromatic rings. The third-order valence-electron chi connectivity index (χ3n) is 2.48. The summed E-state index contributed by atoms with van der Waals surface area (Å²) in [5, 5.41) is 0. The topological polar surface area (TPSA) is 55.6 Å². The molecule has 0 amide bonds. The lowest BCUT2D eigenvalue weighted by Gasteiger charge is -2.18. The summed E-state index contributed by atoms with van der Waals surface area (Å²) in [6, 6.07) is -0.468. The fraction of sp³-hybridized carbons (Fsp3) is 0.909. The van der Waals surface area contributed by atoms with Gasteiger partial charge in [0.2, 0.25) is 0 Å². The van der Waals surface area contributed by atoms with Crippen molar-refractivity contribution in [1.29, 1.82) is 0 Å².